The van der Waals surface area contributed by atoms with E-state index >= 15 is 0 Å². The SMILES string of the molecule is CCC(C)N1CCc2ccc3[nH]c(=O)c(=O)[nH]c3c2C1. The maximum Gasteiger partial charge on any atom is 0.314 e. The molecule has 0 saturated heterocycles. The van der Waals surface area contributed by atoms with E-state index < -0.39 is 11.1 Å². The number of nitrogens with zero attached hydrogens (tertiary/aromatic N) is 1. The first-order chi connectivity index (χ1) is 9.60. The van der Waals surface area contributed by atoms with Crippen molar-refractivity contribution in [2.75, 3.05) is 6.54 Å². The highest BCUT2D eigenvalue weighted by Gasteiger charge is 2.22. The van der Waals surface area contributed by atoms with Crippen LogP contribution in [0.25, 0.3) is 11.0 Å². The van der Waals surface area contributed by atoms with Crippen molar-refractivity contribution < 1.29 is 0 Å². The summed E-state index contributed by atoms with van der Waals surface area (Å²) in [4.78, 5) is 30.8. The molecule has 1 aliphatic rings. The summed E-state index contributed by atoms with van der Waals surface area (Å²) in [6.07, 6.45) is 2.09. The molecule has 0 aliphatic carbocycles. The molecule has 2 N–H and O–H groups in total. The molecule has 0 fully saturated rings. The van der Waals surface area contributed by atoms with Gasteiger partial charge in [0.05, 0.1) is 11.0 Å². The van der Waals surface area contributed by atoms with Gasteiger partial charge in [-0.3, -0.25) is 14.5 Å². The zero-order chi connectivity index (χ0) is 14.3. The number of fused-ring (bicyclic) bond motifs is 3. The van der Waals surface area contributed by atoms with Gasteiger partial charge in [0.25, 0.3) is 0 Å². The van der Waals surface area contributed by atoms with E-state index in [-0.39, 0.29) is 0 Å². The fourth-order valence-corrected chi connectivity index (χ4v) is 2.88. The van der Waals surface area contributed by atoms with E-state index in [0.29, 0.717) is 11.6 Å². The average Bonchev–Trinajstić information content (AvgIpc) is 2.47. The van der Waals surface area contributed by atoms with Gasteiger partial charge in [0, 0.05) is 19.1 Å². The first-order valence-corrected chi connectivity index (χ1v) is 7.11. The second-order valence-corrected chi connectivity index (χ2v) is 5.51. The van der Waals surface area contributed by atoms with E-state index in [4.69, 9.17) is 0 Å². The molecule has 1 unspecified atom stereocenters. The molecule has 106 valence electrons. The predicted octanol–water partition coefficient (Wildman–Crippen LogP) is 1.37. The summed E-state index contributed by atoms with van der Waals surface area (Å²) in [6, 6.07) is 4.46. The summed E-state index contributed by atoms with van der Waals surface area (Å²) in [7, 11) is 0. The van der Waals surface area contributed by atoms with Crippen LogP contribution in [0.5, 0.6) is 0 Å². The van der Waals surface area contributed by atoms with Crippen LogP contribution in [-0.2, 0) is 13.0 Å². The van der Waals surface area contributed by atoms with Crippen LogP contribution in [0.2, 0.25) is 0 Å². The largest absolute Gasteiger partial charge is 0.316 e. The fraction of sp³-hybridized carbons (Fsp3) is 0.467. The van der Waals surface area contributed by atoms with Gasteiger partial charge in [-0.05, 0) is 37.0 Å². The summed E-state index contributed by atoms with van der Waals surface area (Å²) in [5.74, 6) is 0. The van der Waals surface area contributed by atoms with Crippen molar-refractivity contribution in [2.24, 2.45) is 0 Å². The normalized spacial score (nSPS) is 17.1. The lowest BCUT2D eigenvalue weighted by atomic mass is 9.96. The van der Waals surface area contributed by atoms with Gasteiger partial charge < -0.3 is 9.97 Å². The van der Waals surface area contributed by atoms with E-state index in [1.54, 1.807) is 0 Å². The van der Waals surface area contributed by atoms with Gasteiger partial charge in [-0.15, -0.1) is 0 Å². The number of hydrogen-bond donors (Lipinski definition) is 2. The quantitative estimate of drug-likeness (QED) is 0.812. The standard InChI is InChI=1S/C15H19N3O2/c1-3-9(2)18-7-6-10-4-5-12-13(11(10)8-18)17-15(20)14(19)16-12/h4-5,9H,3,6-8H2,1-2H3,(H,16,19)(H,17,20). The van der Waals surface area contributed by atoms with Gasteiger partial charge >= 0.3 is 11.1 Å². The molecule has 20 heavy (non-hydrogen) atoms. The maximum atomic E-state index is 11.6. The number of rotatable bonds is 2. The summed E-state index contributed by atoms with van der Waals surface area (Å²) in [5.41, 5.74) is 2.72. The van der Waals surface area contributed by atoms with Gasteiger partial charge in [0.1, 0.15) is 0 Å². The molecule has 2 heterocycles. The van der Waals surface area contributed by atoms with Crippen LogP contribution in [0.4, 0.5) is 0 Å². The number of H-pyrrole nitrogens is 2. The van der Waals surface area contributed by atoms with Crippen LogP contribution < -0.4 is 11.1 Å². The molecule has 0 radical (unpaired) electrons. The fourth-order valence-electron chi connectivity index (χ4n) is 2.88. The number of benzene rings is 1. The molecular formula is C15H19N3O2. The van der Waals surface area contributed by atoms with E-state index in [1.165, 1.54) is 5.56 Å². The van der Waals surface area contributed by atoms with Gasteiger partial charge in [0.2, 0.25) is 0 Å². The molecule has 0 bridgehead atoms. The number of aromatic amines is 2. The van der Waals surface area contributed by atoms with Crippen molar-refractivity contribution in [3.05, 3.63) is 44.0 Å². The van der Waals surface area contributed by atoms with Gasteiger partial charge in [-0.2, -0.15) is 0 Å². The molecular weight excluding hydrogens is 254 g/mol. The first-order valence-electron chi connectivity index (χ1n) is 7.11. The zero-order valence-corrected chi connectivity index (χ0v) is 11.8. The van der Waals surface area contributed by atoms with Crippen molar-refractivity contribution in [3.63, 3.8) is 0 Å². The van der Waals surface area contributed by atoms with Crippen LogP contribution in [-0.4, -0.2) is 27.5 Å². The lowest BCUT2D eigenvalue weighted by Crippen LogP contribution is -2.38. The summed E-state index contributed by atoms with van der Waals surface area (Å²) in [5, 5.41) is 0. The topological polar surface area (TPSA) is 69.0 Å². The van der Waals surface area contributed by atoms with E-state index in [0.717, 1.165) is 37.0 Å². The van der Waals surface area contributed by atoms with Crippen LogP contribution >= 0.6 is 0 Å². The molecule has 2 aromatic rings. The maximum absolute atomic E-state index is 11.6. The van der Waals surface area contributed by atoms with Crippen LogP contribution in [0.1, 0.15) is 31.4 Å². The van der Waals surface area contributed by atoms with Crippen molar-refractivity contribution >= 4 is 11.0 Å². The monoisotopic (exact) mass is 273 g/mol. The molecule has 5 nitrogen and oxygen atoms in total. The molecule has 1 aromatic carbocycles. The van der Waals surface area contributed by atoms with Crippen molar-refractivity contribution in [1.82, 2.24) is 14.9 Å². The molecule has 1 aliphatic heterocycles. The Bertz CT molecular complexity index is 760. The minimum absolute atomic E-state index is 0.521. The van der Waals surface area contributed by atoms with Gasteiger partial charge in [-0.25, -0.2) is 0 Å². The minimum Gasteiger partial charge on any atom is -0.316 e. The Morgan fingerprint density at radius 3 is 2.75 bits per heavy atom. The molecule has 3 rings (SSSR count). The molecule has 0 spiro atoms. The third-order valence-electron chi connectivity index (χ3n) is 4.35. The Balaban J connectivity index is 2.15. The van der Waals surface area contributed by atoms with Gasteiger partial charge in [-0.1, -0.05) is 13.0 Å². The van der Waals surface area contributed by atoms with Crippen LogP contribution in [0.15, 0.2) is 21.7 Å². The Morgan fingerprint density at radius 1 is 1.25 bits per heavy atom. The van der Waals surface area contributed by atoms with E-state index in [9.17, 15) is 9.59 Å². The van der Waals surface area contributed by atoms with E-state index in [1.807, 2.05) is 6.07 Å². The van der Waals surface area contributed by atoms with Crippen molar-refractivity contribution in [1.29, 1.82) is 0 Å². The smallest absolute Gasteiger partial charge is 0.314 e. The molecule has 1 aromatic heterocycles. The average molecular weight is 273 g/mol. The number of hydrogen-bond acceptors (Lipinski definition) is 3. The molecule has 0 amide bonds. The lowest BCUT2D eigenvalue weighted by Gasteiger charge is -2.33. The molecule has 5 heteroatoms. The minimum atomic E-state index is -0.591. The van der Waals surface area contributed by atoms with Crippen molar-refractivity contribution in [3.8, 4) is 0 Å². The highest BCUT2D eigenvalue weighted by Crippen LogP contribution is 2.26. The third-order valence-corrected chi connectivity index (χ3v) is 4.35. The van der Waals surface area contributed by atoms with Crippen molar-refractivity contribution in [2.45, 2.75) is 39.3 Å². The molecule has 1 atom stereocenters. The third kappa shape index (κ3) is 2.08. The first kappa shape index (κ1) is 13.1. The highest BCUT2D eigenvalue weighted by molar-refractivity contribution is 5.79. The van der Waals surface area contributed by atoms with Gasteiger partial charge in [0.15, 0.2) is 0 Å². The Morgan fingerprint density at radius 2 is 2.00 bits per heavy atom. The Labute approximate surface area is 116 Å². The zero-order valence-electron chi connectivity index (χ0n) is 11.8. The second kappa shape index (κ2) is 4.90. The van der Waals surface area contributed by atoms with Crippen LogP contribution in [0.3, 0.4) is 0 Å². The van der Waals surface area contributed by atoms with E-state index in [2.05, 4.69) is 34.8 Å². The number of aromatic nitrogens is 2. The summed E-state index contributed by atoms with van der Waals surface area (Å²) >= 11 is 0. The highest BCUT2D eigenvalue weighted by atomic mass is 16.2. The summed E-state index contributed by atoms with van der Waals surface area (Å²) < 4.78 is 0. The number of nitrogens with one attached hydrogen (secondary N) is 2. The lowest BCUT2D eigenvalue weighted by molar-refractivity contribution is 0.187. The molecule has 0 saturated carbocycles. The Hall–Kier alpha value is -1.88. The second-order valence-electron chi connectivity index (χ2n) is 5.51. The Kier molecular flexibility index (Phi) is 3.22. The predicted molar refractivity (Wildman–Crippen MR) is 79.1 cm³/mol. The summed E-state index contributed by atoms with van der Waals surface area (Å²) in [6.45, 7) is 6.27. The van der Waals surface area contributed by atoms with Crippen LogP contribution in [0, 0.1) is 0 Å².